The highest BCUT2D eigenvalue weighted by atomic mass is 79.9. The smallest absolute Gasteiger partial charge is 0.228 e. The molecule has 0 aliphatic heterocycles. The van der Waals surface area contributed by atoms with Crippen LogP contribution in [0.25, 0.3) is 0 Å². The van der Waals surface area contributed by atoms with Gasteiger partial charge in [0.05, 0.1) is 0 Å². The molecule has 3 saturated carbocycles. The van der Waals surface area contributed by atoms with E-state index in [1.807, 2.05) is 24.3 Å². The van der Waals surface area contributed by atoms with Crippen LogP contribution in [0.15, 0.2) is 28.7 Å². The Morgan fingerprint density at radius 2 is 1.94 bits per heavy atom. The van der Waals surface area contributed by atoms with Gasteiger partial charge in [0.1, 0.15) is 0 Å². The molecule has 0 heterocycles. The van der Waals surface area contributed by atoms with E-state index < -0.39 is 0 Å². The summed E-state index contributed by atoms with van der Waals surface area (Å²) in [6.07, 6.45) is 4.13. The molecule has 3 heteroatoms. The molecule has 1 aromatic rings. The third kappa shape index (κ3) is 1.56. The van der Waals surface area contributed by atoms with Crippen molar-refractivity contribution < 1.29 is 4.79 Å². The summed E-state index contributed by atoms with van der Waals surface area (Å²) >= 11 is 3.43. The summed E-state index contributed by atoms with van der Waals surface area (Å²) in [6, 6.07) is 7.85. The molecular formula is C15H16BrNO. The Bertz CT molecular complexity index is 499. The van der Waals surface area contributed by atoms with Crippen LogP contribution in [0.3, 0.4) is 0 Å². The third-order valence-corrected chi connectivity index (χ3v) is 5.62. The second-order valence-corrected chi connectivity index (χ2v) is 6.93. The van der Waals surface area contributed by atoms with Gasteiger partial charge in [-0.25, -0.2) is 0 Å². The Kier molecular flexibility index (Phi) is 2.35. The van der Waals surface area contributed by atoms with Gasteiger partial charge in [-0.15, -0.1) is 0 Å². The third-order valence-electron chi connectivity index (χ3n) is 5.13. The molecule has 18 heavy (non-hydrogen) atoms. The van der Waals surface area contributed by atoms with Crippen molar-refractivity contribution in [2.45, 2.75) is 19.3 Å². The summed E-state index contributed by atoms with van der Waals surface area (Å²) in [5.74, 6) is 3.72. The topological polar surface area (TPSA) is 29.1 Å². The van der Waals surface area contributed by atoms with Crippen LogP contribution >= 0.6 is 15.9 Å². The van der Waals surface area contributed by atoms with E-state index in [1.54, 1.807) is 0 Å². The maximum absolute atomic E-state index is 12.3. The first-order valence-corrected chi connectivity index (χ1v) is 7.60. The fraction of sp³-hybridized carbons (Fsp3) is 0.533. The Labute approximate surface area is 115 Å². The van der Waals surface area contributed by atoms with Gasteiger partial charge in [-0.3, -0.25) is 4.79 Å². The first-order chi connectivity index (χ1) is 8.74. The average Bonchev–Trinajstić information content (AvgIpc) is 2.79. The second kappa shape index (κ2) is 3.83. The Morgan fingerprint density at radius 3 is 2.61 bits per heavy atom. The molecule has 0 radical (unpaired) electrons. The zero-order valence-electron chi connectivity index (χ0n) is 10.1. The van der Waals surface area contributed by atoms with E-state index in [-0.39, 0.29) is 5.91 Å². The highest BCUT2D eigenvalue weighted by Gasteiger charge is 2.67. The van der Waals surface area contributed by atoms with Crippen LogP contribution in [-0.4, -0.2) is 5.91 Å². The molecule has 4 rings (SSSR count). The number of hydrogen-bond acceptors (Lipinski definition) is 1. The number of anilines is 1. The molecule has 2 bridgehead atoms. The van der Waals surface area contributed by atoms with E-state index >= 15 is 0 Å². The minimum atomic E-state index is 0.250. The predicted octanol–water partition coefficient (Wildman–Crippen LogP) is 3.68. The van der Waals surface area contributed by atoms with Crippen LogP contribution in [0.2, 0.25) is 0 Å². The monoisotopic (exact) mass is 305 g/mol. The van der Waals surface area contributed by atoms with Crippen LogP contribution in [-0.2, 0) is 4.79 Å². The summed E-state index contributed by atoms with van der Waals surface area (Å²) in [5, 5.41) is 3.07. The molecule has 3 aliphatic rings. The molecule has 1 amide bonds. The molecule has 0 saturated heterocycles. The standard InChI is InChI=1S/C15H16BrNO/c16-10-2-1-3-11(7-10)17-15(18)14-12-8-4-5-9(6-8)13(12)14/h1-3,7-9,12-14H,4-6H2,(H,17,18)/t8-,9-,12+,13+/m1/s1. The lowest BCUT2D eigenvalue weighted by Gasteiger charge is -2.09. The number of nitrogens with one attached hydrogen (secondary N) is 1. The normalized spacial score (nSPS) is 39.5. The first-order valence-electron chi connectivity index (χ1n) is 6.80. The molecule has 2 nitrogen and oxygen atoms in total. The van der Waals surface area contributed by atoms with E-state index in [1.165, 1.54) is 19.3 Å². The first kappa shape index (κ1) is 11.0. The van der Waals surface area contributed by atoms with E-state index in [0.717, 1.165) is 33.8 Å². The lowest BCUT2D eigenvalue weighted by molar-refractivity contribution is -0.118. The summed E-state index contributed by atoms with van der Waals surface area (Å²) in [6.45, 7) is 0. The fourth-order valence-electron chi connectivity index (χ4n) is 4.47. The van der Waals surface area contributed by atoms with Crippen LogP contribution in [0.1, 0.15) is 19.3 Å². The molecule has 3 fully saturated rings. The fourth-order valence-corrected chi connectivity index (χ4v) is 4.87. The zero-order chi connectivity index (χ0) is 12.3. The number of amides is 1. The number of rotatable bonds is 2. The van der Waals surface area contributed by atoms with Gasteiger partial charge in [0.25, 0.3) is 0 Å². The van der Waals surface area contributed by atoms with Gasteiger partial charge in [-0.1, -0.05) is 22.0 Å². The minimum Gasteiger partial charge on any atom is -0.326 e. The van der Waals surface area contributed by atoms with Gasteiger partial charge in [0.2, 0.25) is 5.91 Å². The molecule has 0 spiro atoms. The Hall–Kier alpha value is -0.830. The van der Waals surface area contributed by atoms with Crippen molar-refractivity contribution in [3.8, 4) is 0 Å². The van der Waals surface area contributed by atoms with Gasteiger partial charge in [0, 0.05) is 16.1 Å². The van der Waals surface area contributed by atoms with Crippen molar-refractivity contribution in [3.05, 3.63) is 28.7 Å². The lowest BCUT2D eigenvalue weighted by atomic mass is 10.0. The average molecular weight is 306 g/mol. The van der Waals surface area contributed by atoms with Crippen LogP contribution in [0, 0.1) is 29.6 Å². The number of fused-ring (bicyclic) bond motifs is 5. The largest absolute Gasteiger partial charge is 0.326 e. The number of halogens is 1. The van der Waals surface area contributed by atoms with E-state index in [0.29, 0.717) is 5.92 Å². The van der Waals surface area contributed by atoms with Gasteiger partial charge in [-0.05, 0) is 61.1 Å². The highest BCUT2D eigenvalue weighted by molar-refractivity contribution is 9.10. The molecule has 1 aromatic carbocycles. The van der Waals surface area contributed by atoms with Crippen molar-refractivity contribution in [2.24, 2.45) is 29.6 Å². The van der Waals surface area contributed by atoms with Crippen molar-refractivity contribution >= 4 is 27.5 Å². The number of benzene rings is 1. The van der Waals surface area contributed by atoms with Gasteiger partial charge < -0.3 is 5.32 Å². The summed E-state index contributed by atoms with van der Waals surface area (Å²) < 4.78 is 1.01. The Morgan fingerprint density at radius 1 is 1.22 bits per heavy atom. The molecular weight excluding hydrogens is 290 g/mol. The zero-order valence-corrected chi connectivity index (χ0v) is 11.7. The van der Waals surface area contributed by atoms with Gasteiger partial charge in [-0.2, -0.15) is 0 Å². The van der Waals surface area contributed by atoms with Crippen LogP contribution < -0.4 is 5.32 Å². The van der Waals surface area contributed by atoms with E-state index in [9.17, 15) is 4.79 Å². The summed E-state index contributed by atoms with van der Waals surface area (Å²) in [7, 11) is 0. The molecule has 0 aromatic heterocycles. The van der Waals surface area contributed by atoms with Crippen molar-refractivity contribution in [1.82, 2.24) is 0 Å². The quantitative estimate of drug-likeness (QED) is 0.887. The lowest BCUT2D eigenvalue weighted by Crippen LogP contribution is -2.18. The van der Waals surface area contributed by atoms with Crippen molar-refractivity contribution in [3.63, 3.8) is 0 Å². The highest BCUT2D eigenvalue weighted by Crippen LogP contribution is 2.69. The second-order valence-electron chi connectivity index (χ2n) is 6.01. The molecule has 0 unspecified atom stereocenters. The van der Waals surface area contributed by atoms with E-state index in [2.05, 4.69) is 21.2 Å². The minimum absolute atomic E-state index is 0.250. The van der Waals surface area contributed by atoms with Crippen LogP contribution in [0.4, 0.5) is 5.69 Å². The number of carbonyl (C=O) groups excluding carboxylic acids is 1. The molecule has 3 aliphatic carbocycles. The van der Waals surface area contributed by atoms with Gasteiger partial charge in [0.15, 0.2) is 0 Å². The van der Waals surface area contributed by atoms with Crippen molar-refractivity contribution in [1.29, 1.82) is 0 Å². The molecule has 4 atom stereocenters. The van der Waals surface area contributed by atoms with Gasteiger partial charge >= 0.3 is 0 Å². The number of hydrogen-bond donors (Lipinski definition) is 1. The maximum Gasteiger partial charge on any atom is 0.228 e. The Balaban J connectivity index is 1.47. The SMILES string of the molecule is O=C(Nc1cccc(Br)c1)C1[C@H]2[C@@H]3CC[C@H](C3)[C@H]12. The summed E-state index contributed by atoms with van der Waals surface area (Å²) in [4.78, 5) is 12.3. The van der Waals surface area contributed by atoms with E-state index in [4.69, 9.17) is 0 Å². The summed E-state index contributed by atoms with van der Waals surface area (Å²) in [5.41, 5.74) is 0.909. The maximum atomic E-state index is 12.3. The molecule has 1 N–H and O–H groups in total. The predicted molar refractivity (Wildman–Crippen MR) is 74.1 cm³/mol. The van der Waals surface area contributed by atoms with Crippen molar-refractivity contribution in [2.75, 3.05) is 5.32 Å². The number of carbonyl (C=O) groups is 1. The molecule has 94 valence electrons. The van der Waals surface area contributed by atoms with Crippen LogP contribution in [0.5, 0.6) is 0 Å².